The summed E-state index contributed by atoms with van der Waals surface area (Å²) in [5.74, 6) is 1.45. The van der Waals surface area contributed by atoms with Gasteiger partial charge in [0.2, 0.25) is 0 Å². The fourth-order valence-electron chi connectivity index (χ4n) is 2.44. The van der Waals surface area contributed by atoms with Gasteiger partial charge in [0.1, 0.15) is 23.9 Å². The number of anilines is 1. The minimum Gasteiger partial charge on any atom is -0.497 e. The van der Waals surface area contributed by atoms with Crippen molar-refractivity contribution in [1.82, 2.24) is 5.32 Å². The molecule has 1 heterocycles. The smallest absolute Gasteiger partial charge is 0.257 e. The van der Waals surface area contributed by atoms with Crippen LogP contribution >= 0.6 is 12.2 Å². The van der Waals surface area contributed by atoms with E-state index in [1.165, 1.54) is 0 Å². The van der Waals surface area contributed by atoms with E-state index in [9.17, 15) is 4.79 Å². The summed E-state index contributed by atoms with van der Waals surface area (Å²) in [6, 6.07) is 17.7. The summed E-state index contributed by atoms with van der Waals surface area (Å²) in [6.45, 7) is -0.138. The number of aliphatic hydroxyl groups is 1. The Morgan fingerprint density at radius 2 is 1.93 bits per heavy atom. The molecule has 0 bridgehead atoms. The average molecular weight is 382 g/mol. The predicted molar refractivity (Wildman–Crippen MR) is 107 cm³/mol. The van der Waals surface area contributed by atoms with Crippen LogP contribution in [0.5, 0.6) is 5.75 Å². The normalized spacial score (nSPS) is 10.3. The zero-order valence-electron chi connectivity index (χ0n) is 14.6. The van der Waals surface area contributed by atoms with Crippen LogP contribution in [0.3, 0.4) is 0 Å². The Hall–Kier alpha value is -3.16. The highest BCUT2D eigenvalue weighted by Gasteiger charge is 2.09. The van der Waals surface area contributed by atoms with Crippen molar-refractivity contribution in [1.29, 1.82) is 0 Å². The van der Waals surface area contributed by atoms with Crippen molar-refractivity contribution < 1.29 is 19.1 Å². The minimum atomic E-state index is -0.324. The van der Waals surface area contributed by atoms with Crippen molar-refractivity contribution in [3.8, 4) is 17.1 Å². The number of rotatable bonds is 5. The SMILES string of the molecule is COc1cccc(C(=O)NC(=S)Nc2ccc(-c3ccc(CO)o3)cc2)c1. The topological polar surface area (TPSA) is 83.7 Å². The molecule has 0 fully saturated rings. The molecule has 0 unspecified atom stereocenters. The average Bonchev–Trinajstić information content (AvgIpc) is 3.17. The summed E-state index contributed by atoms with van der Waals surface area (Å²) in [5, 5.41) is 14.9. The van der Waals surface area contributed by atoms with Crippen molar-refractivity contribution in [3.63, 3.8) is 0 Å². The zero-order chi connectivity index (χ0) is 19.2. The van der Waals surface area contributed by atoms with E-state index in [0.29, 0.717) is 22.8 Å². The monoisotopic (exact) mass is 382 g/mol. The number of furan rings is 1. The van der Waals surface area contributed by atoms with Crippen LogP contribution in [0.15, 0.2) is 65.1 Å². The molecular formula is C20H18N2O4S. The van der Waals surface area contributed by atoms with E-state index in [4.69, 9.17) is 26.5 Å². The van der Waals surface area contributed by atoms with Gasteiger partial charge in [-0.3, -0.25) is 10.1 Å². The Balaban J connectivity index is 1.61. The van der Waals surface area contributed by atoms with Crippen molar-refractivity contribution in [3.05, 3.63) is 72.0 Å². The lowest BCUT2D eigenvalue weighted by Crippen LogP contribution is -2.34. The number of carbonyl (C=O) groups excluding carboxylic acids is 1. The van der Waals surface area contributed by atoms with Gasteiger partial charge >= 0.3 is 0 Å². The number of hydrogen-bond acceptors (Lipinski definition) is 5. The molecule has 27 heavy (non-hydrogen) atoms. The third kappa shape index (κ3) is 4.72. The summed E-state index contributed by atoms with van der Waals surface area (Å²) in [4.78, 5) is 12.3. The molecule has 3 rings (SSSR count). The van der Waals surface area contributed by atoms with Crippen LogP contribution in [0.4, 0.5) is 5.69 Å². The standard InChI is InChI=1S/C20H18N2O4S/c1-25-16-4-2-3-14(11-16)19(24)22-20(27)21-15-7-5-13(6-8-15)18-10-9-17(12-23)26-18/h2-11,23H,12H2,1H3,(H2,21,22,24,27). The number of hydrogen-bond donors (Lipinski definition) is 3. The molecule has 2 aromatic carbocycles. The van der Waals surface area contributed by atoms with Gasteiger partial charge in [0, 0.05) is 16.8 Å². The molecule has 0 atom stereocenters. The van der Waals surface area contributed by atoms with E-state index in [2.05, 4.69) is 10.6 Å². The maximum absolute atomic E-state index is 12.3. The molecule has 0 saturated heterocycles. The van der Waals surface area contributed by atoms with Gasteiger partial charge in [0.15, 0.2) is 5.11 Å². The lowest BCUT2D eigenvalue weighted by Gasteiger charge is -2.10. The van der Waals surface area contributed by atoms with Crippen LogP contribution < -0.4 is 15.4 Å². The van der Waals surface area contributed by atoms with Crippen LogP contribution in [0.2, 0.25) is 0 Å². The maximum atomic E-state index is 12.3. The van der Waals surface area contributed by atoms with Crippen LogP contribution in [0.1, 0.15) is 16.1 Å². The molecule has 0 aliphatic heterocycles. The van der Waals surface area contributed by atoms with E-state index in [1.54, 1.807) is 43.5 Å². The van der Waals surface area contributed by atoms with Gasteiger partial charge in [-0.25, -0.2) is 0 Å². The lowest BCUT2D eigenvalue weighted by molar-refractivity contribution is 0.0977. The predicted octanol–water partition coefficient (Wildman–Crippen LogP) is 3.57. The highest BCUT2D eigenvalue weighted by atomic mass is 32.1. The highest BCUT2D eigenvalue weighted by Crippen LogP contribution is 2.23. The molecule has 1 aromatic heterocycles. The molecular weight excluding hydrogens is 364 g/mol. The van der Waals surface area contributed by atoms with Crippen molar-refractivity contribution in [2.75, 3.05) is 12.4 Å². The van der Waals surface area contributed by atoms with Gasteiger partial charge in [-0.1, -0.05) is 6.07 Å². The summed E-state index contributed by atoms with van der Waals surface area (Å²) < 4.78 is 10.6. The second-order valence-corrected chi connectivity index (χ2v) is 6.05. The van der Waals surface area contributed by atoms with Gasteiger partial charge in [-0.2, -0.15) is 0 Å². The number of ether oxygens (including phenoxy) is 1. The van der Waals surface area contributed by atoms with E-state index in [1.807, 2.05) is 24.3 Å². The second-order valence-electron chi connectivity index (χ2n) is 5.64. The third-order valence-electron chi connectivity index (χ3n) is 3.80. The highest BCUT2D eigenvalue weighted by molar-refractivity contribution is 7.80. The number of methoxy groups -OCH3 is 1. The summed E-state index contributed by atoms with van der Waals surface area (Å²) in [6.07, 6.45) is 0. The van der Waals surface area contributed by atoms with Gasteiger partial charge in [0.05, 0.1) is 7.11 Å². The molecule has 3 N–H and O–H groups in total. The Morgan fingerprint density at radius 1 is 1.15 bits per heavy atom. The Labute approximate surface area is 161 Å². The maximum Gasteiger partial charge on any atom is 0.257 e. The Morgan fingerprint density at radius 3 is 2.59 bits per heavy atom. The third-order valence-corrected chi connectivity index (χ3v) is 4.01. The Bertz CT molecular complexity index is 951. The summed E-state index contributed by atoms with van der Waals surface area (Å²) >= 11 is 5.20. The summed E-state index contributed by atoms with van der Waals surface area (Å²) in [7, 11) is 1.54. The molecule has 0 saturated carbocycles. The van der Waals surface area contributed by atoms with Gasteiger partial charge in [-0.15, -0.1) is 0 Å². The molecule has 0 aliphatic carbocycles. The molecule has 0 radical (unpaired) electrons. The molecule has 138 valence electrons. The molecule has 0 aliphatic rings. The second kappa shape index (κ2) is 8.48. The number of aliphatic hydroxyl groups excluding tert-OH is 1. The van der Waals surface area contributed by atoms with Crippen LogP contribution in [0, 0.1) is 0 Å². The number of nitrogens with one attached hydrogen (secondary N) is 2. The molecule has 1 amide bonds. The van der Waals surface area contributed by atoms with E-state index < -0.39 is 0 Å². The van der Waals surface area contributed by atoms with Crippen LogP contribution in [0.25, 0.3) is 11.3 Å². The quantitative estimate of drug-likeness (QED) is 0.585. The number of benzene rings is 2. The lowest BCUT2D eigenvalue weighted by atomic mass is 10.1. The van der Waals surface area contributed by atoms with Gasteiger partial charge in [-0.05, 0) is 66.8 Å². The van der Waals surface area contributed by atoms with E-state index >= 15 is 0 Å². The molecule has 3 aromatic rings. The van der Waals surface area contributed by atoms with Gasteiger partial charge in [0.25, 0.3) is 5.91 Å². The largest absolute Gasteiger partial charge is 0.497 e. The Kier molecular flexibility index (Phi) is 5.85. The van der Waals surface area contributed by atoms with Crippen molar-refractivity contribution in [2.24, 2.45) is 0 Å². The number of thiocarbonyl (C=S) groups is 1. The van der Waals surface area contributed by atoms with E-state index in [-0.39, 0.29) is 17.6 Å². The molecule has 6 nitrogen and oxygen atoms in total. The first-order valence-corrected chi connectivity index (χ1v) is 8.56. The first-order chi connectivity index (χ1) is 13.1. The summed E-state index contributed by atoms with van der Waals surface area (Å²) in [5.41, 5.74) is 2.04. The fraction of sp³-hybridized carbons (Fsp3) is 0.100. The van der Waals surface area contributed by atoms with E-state index in [0.717, 1.165) is 11.3 Å². The first-order valence-electron chi connectivity index (χ1n) is 8.15. The first kappa shape index (κ1) is 18.6. The molecule has 7 heteroatoms. The van der Waals surface area contributed by atoms with Crippen molar-refractivity contribution >= 4 is 28.9 Å². The van der Waals surface area contributed by atoms with Crippen LogP contribution in [-0.2, 0) is 6.61 Å². The fourth-order valence-corrected chi connectivity index (χ4v) is 2.65. The van der Waals surface area contributed by atoms with Crippen molar-refractivity contribution in [2.45, 2.75) is 6.61 Å². The number of amides is 1. The minimum absolute atomic E-state index is 0.138. The van der Waals surface area contributed by atoms with Crippen LogP contribution in [-0.4, -0.2) is 23.2 Å². The number of carbonyl (C=O) groups is 1. The van der Waals surface area contributed by atoms with Gasteiger partial charge < -0.3 is 19.6 Å². The molecule has 0 spiro atoms. The zero-order valence-corrected chi connectivity index (χ0v) is 15.4.